The first-order valence-electron chi connectivity index (χ1n) is 8.04. The van der Waals surface area contributed by atoms with Gasteiger partial charge in [0, 0.05) is 31.3 Å². The first-order valence-corrected chi connectivity index (χ1v) is 9.89. The number of piperidine rings is 1. The van der Waals surface area contributed by atoms with Gasteiger partial charge in [-0.3, -0.25) is 4.98 Å². The third-order valence-corrected chi connectivity index (χ3v) is 6.04. The highest BCUT2D eigenvalue weighted by molar-refractivity contribution is 7.88. The lowest BCUT2D eigenvalue weighted by Gasteiger charge is -2.49. The number of ether oxygens (including phenoxy) is 2. The summed E-state index contributed by atoms with van der Waals surface area (Å²) in [6.07, 6.45) is 5.72. The first-order chi connectivity index (χ1) is 11.0. The highest BCUT2D eigenvalue weighted by Crippen LogP contribution is 2.41. The molecule has 2 aliphatic rings. The van der Waals surface area contributed by atoms with Crippen molar-refractivity contribution in [3.05, 3.63) is 30.1 Å². The van der Waals surface area contributed by atoms with Crippen molar-refractivity contribution in [1.82, 2.24) is 9.29 Å². The standard InChI is InChI=1S/C16H24N2O4S/c1-23(19,20)18-9-6-15-16(12-18,7-4-10-22-15)13-21-11-14-5-2-3-8-17-14/h2-3,5,8,15H,4,6-7,9-13H2,1H3/t15-,16-/m1/s1. The van der Waals surface area contributed by atoms with E-state index < -0.39 is 10.0 Å². The number of rotatable bonds is 5. The number of sulfonamides is 1. The zero-order valence-electron chi connectivity index (χ0n) is 13.5. The van der Waals surface area contributed by atoms with Gasteiger partial charge >= 0.3 is 0 Å². The maximum Gasteiger partial charge on any atom is 0.211 e. The molecule has 0 unspecified atom stereocenters. The van der Waals surface area contributed by atoms with E-state index in [1.165, 1.54) is 6.26 Å². The molecule has 1 aromatic heterocycles. The van der Waals surface area contributed by atoms with Gasteiger partial charge in [-0.1, -0.05) is 6.07 Å². The van der Waals surface area contributed by atoms with E-state index in [2.05, 4.69) is 4.98 Å². The summed E-state index contributed by atoms with van der Waals surface area (Å²) in [6, 6.07) is 5.73. The molecule has 2 saturated heterocycles. The van der Waals surface area contributed by atoms with Gasteiger partial charge in [-0.15, -0.1) is 0 Å². The molecule has 0 amide bonds. The van der Waals surface area contributed by atoms with Crippen molar-refractivity contribution in [2.45, 2.75) is 32.0 Å². The zero-order valence-corrected chi connectivity index (χ0v) is 14.3. The molecule has 0 radical (unpaired) electrons. The molecule has 6 nitrogen and oxygen atoms in total. The molecule has 7 heteroatoms. The van der Waals surface area contributed by atoms with E-state index in [4.69, 9.17) is 9.47 Å². The number of fused-ring (bicyclic) bond motifs is 1. The molecule has 2 fully saturated rings. The summed E-state index contributed by atoms with van der Waals surface area (Å²) in [5.74, 6) is 0. The molecule has 2 atom stereocenters. The van der Waals surface area contributed by atoms with Gasteiger partial charge in [0.1, 0.15) is 0 Å². The maximum absolute atomic E-state index is 11.9. The summed E-state index contributed by atoms with van der Waals surface area (Å²) in [5.41, 5.74) is 0.641. The van der Waals surface area contributed by atoms with Gasteiger partial charge in [0.15, 0.2) is 0 Å². The van der Waals surface area contributed by atoms with Crippen molar-refractivity contribution < 1.29 is 17.9 Å². The van der Waals surface area contributed by atoms with Gasteiger partial charge in [-0.2, -0.15) is 0 Å². The van der Waals surface area contributed by atoms with Crippen LogP contribution in [0.4, 0.5) is 0 Å². The van der Waals surface area contributed by atoms with E-state index in [-0.39, 0.29) is 11.5 Å². The van der Waals surface area contributed by atoms with Gasteiger partial charge in [-0.05, 0) is 31.4 Å². The van der Waals surface area contributed by atoms with Crippen LogP contribution in [0.25, 0.3) is 0 Å². The lowest BCUT2D eigenvalue weighted by molar-refractivity contribution is -0.144. The van der Waals surface area contributed by atoms with E-state index in [1.54, 1.807) is 10.5 Å². The Hall–Kier alpha value is -1.02. The van der Waals surface area contributed by atoms with E-state index in [0.29, 0.717) is 26.3 Å². The number of hydrogen-bond donors (Lipinski definition) is 0. The van der Waals surface area contributed by atoms with Gasteiger partial charge in [0.2, 0.25) is 10.0 Å². The van der Waals surface area contributed by atoms with Crippen LogP contribution in [0.5, 0.6) is 0 Å². The average molecular weight is 340 g/mol. The minimum atomic E-state index is -3.18. The molecule has 0 N–H and O–H groups in total. The monoisotopic (exact) mass is 340 g/mol. The van der Waals surface area contributed by atoms with Crippen LogP contribution in [0.3, 0.4) is 0 Å². The average Bonchev–Trinajstić information content (AvgIpc) is 2.54. The topological polar surface area (TPSA) is 68.7 Å². The fourth-order valence-corrected chi connectivity index (χ4v) is 4.51. The molecule has 2 aliphatic heterocycles. The molecule has 128 valence electrons. The highest BCUT2D eigenvalue weighted by Gasteiger charge is 2.47. The Kier molecular flexibility index (Phi) is 5.01. The van der Waals surface area contributed by atoms with Crippen molar-refractivity contribution in [3.8, 4) is 0 Å². The Balaban J connectivity index is 1.68. The Bertz CT molecular complexity index is 622. The summed E-state index contributed by atoms with van der Waals surface area (Å²) in [5, 5.41) is 0. The normalized spacial score (nSPS) is 29.2. The molecule has 0 bridgehead atoms. The number of pyridine rings is 1. The van der Waals surface area contributed by atoms with Crippen LogP contribution >= 0.6 is 0 Å². The van der Waals surface area contributed by atoms with Crippen molar-refractivity contribution in [2.75, 3.05) is 32.6 Å². The van der Waals surface area contributed by atoms with E-state index >= 15 is 0 Å². The number of nitrogens with zero attached hydrogens (tertiary/aromatic N) is 2. The summed E-state index contributed by atoms with van der Waals surface area (Å²) in [6.45, 7) is 2.71. The third-order valence-electron chi connectivity index (χ3n) is 4.79. The van der Waals surface area contributed by atoms with Crippen LogP contribution in [0.2, 0.25) is 0 Å². The Labute approximate surface area is 137 Å². The van der Waals surface area contributed by atoms with Crippen LogP contribution in [-0.2, 0) is 26.1 Å². The zero-order chi connectivity index (χ0) is 16.3. The summed E-state index contributed by atoms with van der Waals surface area (Å²) < 4.78 is 37.3. The fraction of sp³-hybridized carbons (Fsp3) is 0.688. The van der Waals surface area contributed by atoms with Gasteiger partial charge in [0.25, 0.3) is 0 Å². The second kappa shape index (κ2) is 6.84. The van der Waals surface area contributed by atoms with Crippen molar-refractivity contribution >= 4 is 10.0 Å². The van der Waals surface area contributed by atoms with E-state index in [0.717, 1.165) is 31.6 Å². The quantitative estimate of drug-likeness (QED) is 0.811. The maximum atomic E-state index is 11.9. The molecule has 0 spiro atoms. The minimum absolute atomic E-state index is 0.0815. The van der Waals surface area contributed by atoms with Crippen LogP contribution in [0, 0.1) is 5.41 Å². The Morgan fingerprint density at radius 1 is 1.48 bits per heavy atom. The predicted molar refractivity (Wildman–Crippen MR) is 86.3 cm³/mol. The Morgan fingerprint density at radius 3 is 3.09 bits per heavy atom. The lowest BCUT2D eigenvalue weighted by atomic mass is 9.73. The SMILES string of the molecule is CS(=O)(=O)N1CC[C@H]2OCCC[C@]2(COCc2ccccn2)C1. The second-order valence-electron chi connectivity index (χ2n) is 6.52. The van der Waals surface area contributed by atoms with Crippen molar-refractivity contribution in [2.24, 2.45) is 5.41 Å². The summed E-state index contributed by atoms with van der Waals surface area (Å²) in [7, 11) is -3.18. The predicted octanol–water partition coefficient (Wildman–Crippen LogP) is 1.43. The van der Waals surface area contributed by atoms with Gasteiger partial charge < -0.3 is 9.47 Å². The van der Waals surface area contributed by atoms with Crippen LogP contribution in [0.15, 0.2) is 24.4 Å². The molecule has 3 heterocycles. The fourth-order valence-electron chi connectivity index (χ4n) is 3.59. The molecule has 0 aliphatic carbocycles. The molecule has 3 rings (SSSR count). The summed E-state index contributed by atoms with van der Waals surface area (Å²) >= 11 is 0. The minimum Gasteiger partial charge on any atom is -0.377 e. The highest BCUT2D eigenvalue weighted by atomic mass is 32.2. The molecule has 1 aromatic rings. The van der Waals surface area contributed by atoms with Gasteiger partial charge in [0.05, 0.1) is 31.3 Å². The first kappa shape index (κ1) is 16.8. The number of hydrogen-bond acceptors (Lipinski definition) is 5. The molecule has 0 saturated carbocycles. The van der Waals surface area contributed by atoms with Crippen molar-refractivity contribution in [3.63, 3.8) is 0 Å². The van der Waals surface area contributed by atoms with E-state index in [1.807, 2.05) is 18.2 Å². The van der Waals surface area contributed by atoms with Crippen LogP contribution in [0.1, 0.15) is 25.0 Å². The Morgan fingerprint density at radius 2 is 2.35 bits per heavy atom. The van der Waals surface area contributed by atoms with Gasteiger partial charge in [-0.25, -0.2) is 12.7 Å². The molecular weight excluding hydrogens is 316 g/mol. The number of aromatic nitrogens is 1. The summed E-state index contributed by atoms with van der Waals surface area (Å²) in [4.78, 5) is 4.25. The van der Waals surface area contributed by atoms with Crippen LogP contribution in [-0.4, -0.2) is 56.4 Å². The van der Waals surface area contributed by atoms with Crippen molar-refractivity contribution in [1.29, 1.82) is 0 Å². The van der Waals surface area contributed by atoms with Crippen LogP contribution < -0.4 is 0 Å². The largest absolute Gasteiger partial charge is 0.377 e. The second-order valence-corrected chi connectivity index (χ2v) is 8.51. The third kappa shape index (κ3) is 3.91. The smallest absolute Gasteiger partial charge is 0.211 e. The van der Waals surface area contributed by atoms with E-state index in [9.17, 15) is 8.42 Å². The molecular formula is C16H24N2O4S. The molecule has 0 aromatic carbocycles. The molecule has 23 heavy (non-hydrogen) atoms. The lowest BCUT2D eigenvalue weighted by Crippen LogP contribution is -2.57.